The summed E-state index contributed by atoms with van der Waals surface area (Å²) in [5.41, 5.74) is 2.51. The zero-order valence-corrected chi connectivity index (χ0v) is 12.8. The Labute approximate surface area is 129 Å². The zero-order valence-electron chi connectivity index (χ0n) is 12.8. The molecule has 0 aliphatic heterocycles. The summed E-state index contributed by atoms with van der Waals surface area (Å²) in [6.07, 6.45) is -0.914. The van der Waals surface area contributed by atoms with E-state index in [0.29, 0.717) is 16.8 Å². The Morgan fingerprint density at radius 1 is 1.18 bits per heavy atom. The third-order valence-electron chi connectivity index (χ3n) is 3.51. The number of carbonyl (C=O) groups excluding carboxylic acids is 1. The Morgan fingerprint density at radius 3 is 2.41 bits per heavy atom. The van der Waals surface area contributed by atoms with E-state index in [1.807, 2.05) is 6.92 Å². The van der Waals surface area contributed by atoms with Crippen LogP contribution in [-0.4, -0.2) is 22.0 Å². The van der Waals surface area contributed by atoms with Gasteiger partial charge in [-0.15, -0.1) is 0 Å². The van der Waals surface area contributed by atoms with E-state index in [1.54, 1.807) is 26.0 Å². The van der Waals surface area contributed by atoms with E-state index in [4.69, 9.17) is 0 Å². The van der Waals surface area contributed by atoms with E-state index in [-0.39, 0.29) is 11.7 Å². The number of halogens is 1. The zero-order chi connectivity index (χ0) is 16.3. The normalized spacial score (nSPS) is 13.5. The summed E-state index contributed by atoms with van der Waals surface area (Å²) < 4.78 is 12.9. The van der Waals surface area contributed by atoms with E-state index in [1.165, 1.54) is 24.3 Å². The Bertz CT molecular complexity index is 671. The summed E-state index contributed by atoms with van der Waals surface area (Å²) in [6, 6.07) is 8.52. The van der Waals surface area contributed by atoms with Crippen LogP contribution in [0.25, 0.3) is 0 Å². The minimum atomic E-state index is -0.914. The van der Waals surface area contributed by atoms with Crippen LogP contribution in [0.1, 0.15) is 40.3 Å². The number of nitrogens with zero attached hydrogens (tertiary/aromatic N) is 1. The molecule has 0 fully saturated rings. The molecule has 2 rings (SSSR count). The molecule has 0 saturated carbocycles. The van der Waals surface area contributed by atoms with Crippen LogP contribution >= 0.6 is 0 Å². The highest BCUT2D eigenvalue weighted by molar-refractivity contribution is 5.95. The second-order valence-corrected chi connectivity index (χ2v) is 5.34. The van der Waals surface area contributed by atoms with Crippen LogP contribution in [0.4, 0.5) is 4.39 Å². The van der Waals surface area contributed by atoms with Crippen molar-refractivity contribution in [2.75, 3.05) is 0 Å². The summed E-state index contributed by atoms with van der Waals surface area (Å²) in [5, 5.41) is 13.0. The van der Waals surface area contributed by atoms with Gasteiger partial charge in [-0.2, -0.15) is 0 Å². The molecule has 1 amide bonds. The van der Waals surface area contributed by atoms with Crippen molar-refractivity contribution in [2.24, 2.45) is 0 Å². The van der Waals surface area contributed by atoms with Crippen molar-refractivity contribution in [1.29, 1.82) is 0 Å². The van der Waals surface area contributed by atoms with Gasteiger partial charge in [-0.05, 0) is 50.6 Å². The first-order valence-electron chi connectivity index (χ1n) is 7.07. The van der Waals surface area contributed by atoms with Gasteiger partial charge >= 0.3 is 0 Å². The smallest absolute Gasteiger partial charge is 0.253 e. The maximum atomic E-state index is 12.9. The fourth-order valence-electron chi connectivity index (χ4n) is 2.24. The number of nitrogens with one attached hydrogen (secondary N) is 1. The van der Waals surface area contributed by atoms with E-state index in [2.05, 4.69) is 10.3 Å². The molecule has 0 bridgehead atoms. The van der Waals surface area contributed by atoms with Crippen LogP contribution in [0, 0.1) is 19.7 Å². The number of carbonyl (C=O) groups is 1. The molecule has 1 aromatic carbocycles. The maximum absolute atomic E-state index is 12.9. The number of aliphatic hydroxyl groups is 1. The van der Waals surface area contributed by atoms with E-state index < -0.39 is 12.1 Å². The fraction of sp³-hybridized carbons (Fsp3) is 0.294. The quantitative estimate of drug-likeness (QED) is 0.913. The molecular weight excluding hydrogens is 283 g/mol. The summed E-state index contributed by atoms with van der Waals surface area (Å²) in [7, 11) is 0. The molecule has 1 heterocycles. The van der Waals surface area contributed by atoms with Gasteiger partial charge in [0, 0.05) is 5.69 Å². The molecule has 1 aromatic heterocycles. The topological polar surface area (TPSA) is 62.2 Å². The standard InChI is InChI=1S/C17H19FN2O2/c1-10-4-9-15(11(2)19-10)17(22)20-12(3)16(21)13-5-7-14(18)8-6-13/h4-9,12,16,21H,1-3H3,(H,20,22). The molecular formula is C17H19FN2O2. The van der Waals surface area contributed by atoms with Crippen molar-refractivity contribution in [1.82, 2.24) is 10.3 Å². The number of aryl methyl sites for hydroxylation is 2. The van der Waals surface area contributed by atoms with Gasteiger partial charge in [-0.25, -0.2) is 4.39 Å². The highest BCUT2D eigenvalue weighted by atomic mass is 19.1. The van der Waals surface area contributed by atoms with Crippen molar-refractivity contribution < 1.29 is 14.3 Å². The molecule has 0 spiro atoms. The predicted molar refractivity (Wildman–Crippen MR) is 82.0 cm³/mol. The first kappa shape index (κ1) is 16.1. The van der Waals surface area contributed by atoms with E-state index in [0.717, 1.165) is 5.69 Å². The lowest BCUT2D eigenvalue weighted by Gasteiger charge is -2.21. The van der Waals surface area contributed by atoms with Gasteiger partial charge in [0.15, 0.2) is 0 Å². The molecule has 4 nitrogen and oxygen atoms in total. The molecule has 5 heteroatoms. The van der Waals surface area contributed by atoms with Crippen LogP contribution in [0.15, 0.2) is 36.4 Å². The van der Waals surface area contributed by atoms with Crippen LogP contribution in [0.2, 0.25) is 0 Å². The van der Waals surface area contributed by atoms with Gasteiger partial charge in [0.2, 0.25) is 0 Å². The summed E-state index contributed by atoms with van der Waals surface area (Å²) in [4.78, 5) is 16.5. The fourth-order valence-corrected chi connectivity index (χ4v) is 2.24. The minimum absolute atomic E-state index is 0.293. The number of amides is 1. The lowest BCUT2D eigenvalue weighted by molar-refractivity contribution is 0.0851. The second-order valence-electron chi connectivity index (χ2n) is 5.34. The summed E-state index contributed by atoms with van der Waals surface area (Å²) in [6.45, 7) is 5.32. The Balaban J connectivity index is 2.08. The molecule has 2 unspecified atom stereocenters. The van der Waals surface area contributed by atoms with Crippen molar-refractivity contribution >= 4 is 5.91 Å². The number of rotatable bonds is 4. The molecule has 2 N–H and O–H groups in total. The average Bonchev–Trinajstić information content (AvgIpc) is 2.47. The first-order chi connectivity index (χ1) is 10.4. The van der Waals surface area contributed by atoms with Crippen molar-refractivity contribution in [2.45, 2.75) is 32.9 Å². The predicted octanol–water partition coefficient (Wildman–Crippen LogP) is 2.69. The van der Waals surface area contributed by atoms with Gasteiger partial charge in [0.05, 0.1) is 23.4 Å². The van der Waals surface area contributed by atoms with Crippen molar-refractivity contribution in [3.8, 4) is 0 Å². The van der Waals surface area contributed by atoms with Crippen LogP contribution in [0.3, 0.4) is 0 Å². The van der Waals surface area contributed by atoms with Crippen LogP contribution in [0.5, 0.6) is 0 Å². The molecule has 116 valence electrons. The molecule has 2 aromatic rings. The lowest BCUT2D eigenvalue weighted by atomic mass is 10.0. The minimum Gasteiger partial charge on any atom is -0.386 e. The second kappa shape index (κ2) is 6.66. The highest BCUT2D eigenvalue weighted by Crippen LogP contribution is 2.18. The molecule has 0 aliphatic rings. The molecule has 22 heavy (non-hydrogen) atoms. The Morgan fingerprint density at radius 2 is 1.82 bits per heavy atom. The molecule has 2 atom stereocenters. The van der Waals surface area contributed by atoms with Gasteiger partial charge in [-0.1, -0.05) is 12.1 Å². The lowest BCUT2D eigenvalue weighted by Crippen LogP contribution is -2.37. The average molecular weight is 302 g/mol. The van der Waals surface area contributed by atoms with Gasteiger partial charge in [0.1, 0.15) is 5.82 Å². The first-order valence-corrected chi connectivity index (χ1v) is 7.07. The van der Waals surface area contributed by atoms with E-state index >= 15 is 0 Å². The highest BCUT2D eigenvalue weighted by Gasteiger charge is 2.20. The van der Waals surface area contributed by atoms with Crippen molar-refractivity contribution in [3.05, 3.63) is 64.7 Å². The number of hydrogen-bond acceptors (Lipinski definition) is 3. The number of pyridine rings is 1. The number of benzene rings is 1. The van der Waals surface area contributed by atoms with Crippen molar-refractivity contribution in [3.63, 3.8) is 0 Å². The van der Waals surface area contributed by atoms with Crippen LogP contribution in [-0.2, 0) is 0 Å². The third-order valence-corrected chi connectivity index (χ3v) is 3.51. The third kappa shape index (κ3) is 3.68. The van der Waals surface area contributed by atoms with Gasteiger partial charge in [-0.3, -0.25) is 9.78 Å². The molecule has 0 aliphatic carbocycles. The number of hydrogen-bond donors (Lipinski definition) is 2. The Hall–Kier alpha value is -2.27. The molecule has 0 radical (unpaired) electrons. The largest absolute Gasteiger partial charge is 0.386 e. The monoisotopic (exact) mass is 302 g/mol. The SMILES string of the molecule is Cc1ccc(C(=O)NC(C)C(O)c2ccc(F)cc2)c(C)n1. The van der Waals surface area contributed by atoms with E-state index in [9.17, 15) is 14.3 Å². The number of aromatic nitrogens is 1. The maximum Gasteiger partial charge on any atom is 0.253 e. The number of aliphatic hydroxyl groups excluding tert-OH is 1. The van der Waals surface area contributed by atoms with Gasteiger partial charge in [0.25, 0.3) is 5.91 Å². The van der Waals surface area contributed by atoms with Crippen LogP contribution < -0.4 is 5.32 Å². The van der Waals surface area contributed by atoms with Gasteiger partial charge < -0.3 is 10.4 Å². The Kier molecular flexibility index (Phi) is 4.88. The molecule has 0 saturated heterocycles. The summed E-state index contributed by atoms with van der Waals surface area (Å²) in [5.74, 6) is -0.660. The summed E-state index contributed by atoms with van der Waals surface area (Å²) >= 11 is 0.